The predicted molar refractivity (Wildman–Crippen MR) is 133 cm³/mol. The monoisotopic (exact) mass is 467 g/mol. The Bertz CT molecular complexity index is 923. The molecule has 6 heteroatoms. The zero-order valence-corrected chi connectivity index (χ0v) is 20.0. The average Bonchev–Trinajstić information content (AvgIpc) is 3.25. The van der Waals surface area contributed by atoms with Crippen molar-refractivity contribution in [3.05, 3.63) is 59.1 Å². The van der Waals surface area contributed by atoms with E-state index in [0.717, 1.165) is 62.0 Å². The molecule has 5 rings (SSSR count). The minimum atomic E-state index is 0.0241. The summed E-state index contributed by atoms with van der Waals surface area (Å²) < 4.78 is 5.89. The summed E-state index contributed by atoms with van der Waals surface area (Å²) in [4.78, 5) is 18.0. The highest BCUT2D eigenvalue weighted by Crippen LogP contribution is 2.27. The summed E-state index contributed by atoms with van der Waals surface area (Å²) in [6.07, 6.45) is 7.00. The van der Waals surface area contributed by atoms with Crippen molar-refractivity contribution in [2.45, 2.75) is 50.7 Å². The maximum Gasteiger partial charge on any atom is 0.225 e. The number of carbonyl (C=O) groups excluding carboxylic acids is 1. The summed E-state index contributed by atoms with van der Waals surface area (Å²) >= 11 is 6.03. The summed E-state index contributed by atoms with van der Waals surface area (Å²) in [6.45, 7) is 4.85. The Labute approximate surface area is 202 Å². The number of rotatable bonds is 9. The van der Waals surface area contributed by atoms with Crippen LogP contribution >= 0.6 is 11.6 Å². The molecule has 0 radical (unpaired) electrons. The average molecular weight is 468 g/mol. The van der Waals surface area contributed by atoms with Gasteiger partial charge >= 0.3 is 0 Å². The zero-order chi connectivity index (χ0) is 22.6. The number of amides is 1. The smallest absolute Gasteiger partial charge is 0.225 e. The van der Waals surface area contributed by atoms with Crippen LogP contribution in [-0.4, -0.2) is 55.7 Å². The molecule has 176 valence electrons. The molecule has 0 spiro atoms. The first-order valence-electron chi connectivity index (χ1n) is 12.4. The van der Waals surface area contributed by atoms with Gasteiger partial charge in [0.05, 0.1) is 12.0 Å². The molecular formula is C27H34ClN3O2. The van der Waals surface area contributed by atoms with Crippen LogP contribution in [0.25, 0.3) is 0 Å². The van der Waals surface area contributed by atoms with E-state index in [-0.39, 0.29) is 17.9 Å². The number of nitrogens with zero attached hydrogens (tertiary/aromatic N) is 2. The fourth-order valence-electron chi connectivity index (χ4n) is 4.98. The zero-order valence-electron chi connectivity index (χ0n) is 19.2. The Morgan fingerprint density at radius 3 is 2.42 bits per heavy atom. The number of carbonyl (C=O) groups is 1. The van der Waals surface area contributed by atoms with Crippen LogP contribution in [0.5, 0.6) is 5.75 Å². The van der Waals surface area contributed by atoms with E-state index >= 15 is 0 Å². The van der Waals surface area contributed by atoms with E-state index in [1.807, 2.05) is 24.3 Å². The second-order valence-corrected chi connectivity index (χ2v) is 10.2. The van der Waals surface area contributed by atoms with Crippen molar-refractivity contribution in [1.82, 2.24) is 10.2 Å². The summed E-state index contributed by atoms with van der Waals surface area (Å²) in [5, 5.41) is 4.15. The van der Waals surface area contributed by atoms with Gasteiger partial charge in [-0.25, -0.2) is 0 Å². The predicted octanol–water partition coefficient (Wildman–Crippen LogP) is 4.53. The Hall–Kier alpha value is -2.24. The molecule has 1 N–H and O–H groups in total. The van der Waals surface area contributed by atoms with Crippen molar-refractivity contribution in [1.29, 1.82) is 0 Å². The standard InChI is InChI=1S/C27H34ClN3O2/c28-22-5-7-24(8-6-22)31-16-13-21(18-31)27(32)29-23(19-30-14-1-2-15-30)17-20-3-9-25(10-4-20)33-26-11-12-26/h3-10,21,23,26H,1-2,11-19H2,(H,29,32)/t21-,23?/m1/s1. The first-order valence-corrected chi connectivity index (χ1v) is 12.8. The number of hydrogen-bond acceptors (Lipinski definition) is 4. The van der Waals surface area contributed by atoms with Gasteiger partial charge in [0.1, 0.15) is 5.75 Å². The highest BCUT2D eigenvalue weighted by Gasteiger charge is 2.30. The third kappa shape index (κ3) is 6.21. The number of nitrogens with one attached hydrogen (secondary N) is 1. The lowest BCUT2D eigenvalue weighted by atomic mass is 10.0. The minimum Gasteiger partial charge on any atom is -0.490 e. The van der Waals surface area contributed by atoms with Crippen molar-refractivity contribution in [3.63, 3.8) is 0 Å². The second kappa shape index (κ2) is 10.4. The van der Waals surface area contributed by atoms with Crippen LogP contribution in [0.4, 0.5) is 5.69 Å². The largest absolute Gasteiger partial charge is 0.490 e. The summed E-state index contributed by atoms with van der Waals surface area (Å²) in [5.41, 5.74) is 2.38. The van der Waals surface area contributed by atoms with E-state index in [2.05, 4.69) is 39.4 Å². The van der Waals surface area contributed by atoms with Gasteiger partial charge in [-0.15, -0.1) is 0 Å². The number of anilines is 1. The van der Waals surface area contributed by atoms with E-state index in [4.69, 9.17) is 16.3 Å². The van der Waals surface area contributed by atoms with Gasteiger partial charge in [0.15, 0.2) is 0 Å². The summed E-state index contributed by atoms with van der Waals surface area (Å²) in [6, 6.07) is 16.5. The van der Waals surface area contributed by atoms with E-state index in [1.54, 1.807) is 0 Å². The van der Waals surface area contributed by atoms with Gasteiger partial charge in [-0.2, -0.15) is 0 Å². The normalized spacial score (nSPS) is 21.8. The Kier molecular flexibility index (Phi) is 7.07. The lowest BCUT2D eigenvalue weighted by molar-refractivity contribution is -0.125. The van der Waals surface area contributed by atoms with E-state index in [1.165, 1.54) is 31.2 Å². The number of ether oxygens (including phenoxy) is 1. The number of hydrogen-bond donors (Lipinski definition) is 1. The third-order valence-electron chi connectivity index (χ3n) is 7.01. The van der Waals surface area contributed by atoms with E-state index in [0.29, 0.717) is 6.10 Å². The molecule has 2 heterocycles. The molecule has 5 nitrogen and oxygen atoms in total. The quantitative estimate of drug-likeness (QED) is 0.588. The van der Waals surface area contributed by atoms with Crippen molar-refractivity contribution >= 4 is 23.2 Å². The Balaban J connectivity index is 1.19. The highest BCUT2D eigenvalue weighted by molar-refractivity contribution is 6.30. The molecule has 2 aromatic carbocycles. The van der Waals surface area contributed by atoms with Crippen LogP contribution in [0.2, 0.25) is 5.02 Å². The third-order valence-corrected chi connectivity index (χ3v) is 7.26. The van der Waals surface area contributed by atoms with Crippen molar-refractivity contribution in [2.75, 3.05) is 37.6 Å². The topological polar surface area (TPSA) is 44.8 Å². The number of likely N-dealkylation sites (tertiary alicyclic amines) is 1. The van der Waals surface area contributed by atoms with Gasteiger partial charge in [-0.1, -0.05) is 23.7 Å². The maximum atomic E-state index is 13.2. The Morgan fingerprint density at radius 1 is 1.00 bits per heavy atom. The van der Waals surface area contributed by atoms with E-state index in [9.17, 15) is 4.79 Å². The lowest BCUT2D eigenvalue weighted by Crippen LogP contribution is -2.46. The SMILES string of the molecule is O=C(NC(Cc1ccc(OC2CC2)cc1)CN1CCCC1)[C@@H]1CCN(c2ccc(Cl)cc2)C1. The molecule has 1 unspecified atom stereocenters. The molecule has 1 saturated carbocycles. The van der Waals surface area contributed by atoms with Gasteiger partial charge in [0.25, 0.3) is 0 Å². The minimum absolute atomic E-state index is 0.0241. The van der Waals surface area contributed by atoms with Gasteiger partial charge in [0.2, 0.25) is 5.91 Å². The molecule has 33 heavy (non-hydrogen) atoms. The van der Waals surface area contributed by atoms with Crippen LogP contribution < -0.4 is 15.0 Å². The second-order valence-electron chi connectivity index (χ2n) is 9.79. The molecule has 1 amide bonds. The van der Waals surface area contributed by atoms with Gasteiger partial charge in [0, 0.05) is 36.4 Å². The molecule has 3 fully saturated rings. The molecule has 2 aromatic rings. The van der Waals surface area contributed by atoms with Crippen molar-refractivity contribution in [3.8, 4) is 5.75 Å². The lowest BCUT2D eigenvalue weighted by Gasteiger charge is -2.26. The number of halogens is 1. The van der Waals surface area contributed by atoms with Crippen molar-refractivity contribution in [2.24, 2.45) is 5.92 Å². The van der Waals surface area contributed by atoms with Gasteiger partial charge in [-0.05, 0) is 93.6 Å². The van der Waals surface area contributed by atoms with Crippen LogP contribution in [0.15, 0.2) is 48.5 Å². The Morgan fingerprint density at radius 2 is 1.73 bits per heavy atom. The molecule has 2 aliphatic heterocycles. The van der Waals surface area contributed by atoms with Crippen LogP contribution in [0, 0.1) is 5.92 Å². The molecule has 0 aromatic heterocycles. The van der Waals surface area contributed by atoms with Crippen LogP contribution in [0.1, 0.15) is 37.7 Å². The van der Waals surface area contributed by atoms with Crippen LogP contribution in [0.3, 0.4) is 0 Å². The molecule has 3 aliphatic rings. The van der Waals surface area contributed by atoms with Crippen LogP contribution in [-0.2, 0) is 11.2 Å². The van der Waals surface area contributed by atoms with E-state index < -0.39 is 0 Å². The first-order chi connectivity index (χ1) is 16.1. The summed E-state index contributed by atoms with van der Waals surface area (Å²) in [7, 11) is 0. The van der Waals surface area contributed by atoms with Crippen molar-refractivity contribution < 1.29 is 9.53 Å². The fraction of sp³-hybridized carbons (Fsp3) is 0.519. The van der Waals surface area contributed by atoms with Gasteiger partial charge in [-0.3, -0.25) is 4.79 Å². The molecular weight excluding hydrogens is 434 g/mol. The molecule has 0 bridgehead atoms. The molecule has 1 aliphatic carbocycles. The highest BCUT2D eigenvalue weighted by atomic mass is 35.5. The fourth-order valence-corrected chi connectivity index (χ4v) is 5.11. The molecule has 2 saturated heterocycles. The first kappa shape index (κ1) is 22.5. The maximum absolute atomic E-state index is 13.2. The van der Waals surface area contributed by atoms with Gasteiger partial charge < -0.3 is 19.9 Å². The molecule has 2 atom stereocenters. The summed E-state index contributed by atoms with van der Waals surface area (Å²) in [5.74, 6) is 1.16. The number of benzene rings is 2.